The third kappa shape index (κ3) is 4.38. The van der Waals surface area contributed by atoms with E-state index in [0.29, 0.717) is 4.83 Å². The van der Waals surface area contributed by atoms with Crippen molar-refractivity contribution in [1.29, 1.82) is 0 Å². The smallest absolute Gasteiger partial charge is 0.0188 e. The van der Waals surface area contributed by atoms with Crippen molar-refractivity contribution in [1.82, 2.24) is 0 Å². The van der Waals surface area contributed by atoms with Crippen LogP contribution >= 0.6 is 15.9 Å². The lowest BCUT2D eigenvalue weighted by molar-refractivity contribution is 0.570. The molecule has 0 radical (unpaired) electrons. The van der Waals surface area contributed by atoms with Crippen LogP contribution in [-0.2, 0) is 6.42 Å². The molecule has 1 aromatic rings. The Kier molecular flexibility index (Phi) is 4.85. The van der Waals surface area contributed by atoms with Crippen LogP contribution < -0.4 is 0 Å². The molecule has 0 amide bonds. The molecule has 0 bridgehead atoms. The summed E-state index contributed by atoms with van der Waals surface area (Å²) >= 11 is 3.77. The number of halogens is 1. The van der Waals surface area contributed by atoms with Crippen LogP contribution in [0.15, 0.2) is 18.2 Å². The highest BCUT2D eigenvalue weighted by atomic mass is 79.9. The lowest BCUT2D eigenvalue weighted by atomic mass is 9.98. The molecule has 1 rings (SSSR count). The molecule has 0 aliphatic carbocycles. The summed E-state index contributed by atoms with van der Waals surface area (Å²) in [5, 5.41) is 0. The van der Waals surface area contributed by atoms with Crippen LogP contribution in [-0.4, -0.2) is 4.83 Å². The van der Waals surface area contributed by atoms with E-state index in [2.05, 4.69) is 61.8 Å². The highest BCUT2D eigenvalue weighted by Gasteiger charge is 2.09. The van der Waals surface area contributed by atoms with Crippen molar-refractivity contribution in [2.24, 2.45) is 5.92 Å². The SMILES string of the molecule is Cc1ccc(C)c(CC(Br)CC(C)C)c1. The number of aryl methyl sites for hydroxylation is 2. The van der Waals surface area contributed by atoms with Crippen LogP contribution in [0.25, 0.3) is 0 Å². The Bertz CT molecular complexity index is 315. The van der Waals surface area contributed by atoms with E-state index in [0.717, 1.165) is 12.3 Å². The summed E-state index contributed by atoms with van der Waals surface area (Å²) in [7, 11) is 0. The van der Waals surface area contributed by atoms with Crippen LogP contribution in [0, 0.1) is 19.8 Å². The van der Waals surface area contributed by atoms with Gasteiger partial charge in [-0.05, 0) is 43.7 Å². The maximum absolute atomic E-state index is 3.77. The molecule has 1 heteroatoms. The number of hydrogen-bond acceptors (Lipinski definition) is 0. The quantitative estimate of drug-likeness (QED) is 0.697. The zero-order valence-electron chi connectivity index (χ0n) is 10.2. The first-order valence-corrected chi connectivity index (χ1v) is 6.60. The molecule has 0 saturated heterocycles. The van der Waals surface area contributed by atoms with Crippen LogP contribution in [0.1, 0.15) is 37.0 Å². The summed E-state index contributed by atoms with van der Waals surface area (Å²) in [5.41, 5.74) is 4.26. The van der Waals surface area contributed by atoms with Crippen molar-refractivity contribution in [3.05, 3.63) is 34.9 Å². The van der Waals surface area contributed by atoms with E-state index in [4.69, 9.17) is 0 Å². The monoisotopic (exact) mass is 268 g/mol. The number of benzene rings is 1. The molecule has 0 N–H and O–H groups in total. The van der Waals surface area contributed by atoms with Gasteiger partial charge < -0.3 is 0 Å². The maximum atomic E-state index is 3.77. The number of hydrogen-bond donors (Lipinski definition) is 0. The molecule has 0 aromatic heterocycles. The molecule has 15 heavy (non-hydrogen) atoms. The minimum absolute atomic E-state index is 0.609. The van der Waals surface area contributed by atoms with Gasteiger partial charge in [-0.15, -0.1) is 0 Å². The van der Waals surface area contributed by atoms with Gasteiger partial charge in [-0.2, -0.15) is 0 Å². The molecule has 1 unspecified atom stereocenters. The van der Waals surface area contributed by atoms with E-state index in [-0.39, 0.29) is 0 Å². The van der Waals surface area contributed by atoms with Crippen molar-refractivity contribution in [3.8, 4) is 0 Å². The molecule has 0 heterocycles. The number of alkyl halides is 1. The first kappa shape index (κ1) is 12.8. The summed E-state index contributed by atoms with van der Waals surface area (Å²) in [6.45, 7) is 8.91. The van der Waals surface area contributed by atoms with Gasteiger partial charge in [-0.25, -0.2) is 0 Å². The second kappa shape index (κ2) is 5.69. The second-order valence-electron chi connectivity index (χ2n) is 4.86. The molecule has 1 atom stereocenters. The Morgan fingerprint density at radius 1 is 1.20 bits per heavy atom. The average molecular weight is 269 g/mol. The summed E-state index contributed by atoms with van der Waals surface area (Å²) in [5.74, 6) is 0.763. The molecule has 0 aliphatic heterocycles. The van der Waals surface area contributed by atoms with Gasteiger partial charge in [0.05, 0.1) is 0 Å². The fraction of sp³-hybridized carbons (Fsp3) is 0.571. The summed E-state index contributed by atoms with van der Waals surface area (Å²) in [6, 6.07) is 6.72. The largest absolute Gasteiger partial charge is 0.0887 e. The van der Waals surface area contributed by atoms with Crippen LogP contribution in [0.3, 0.4) is 0 Å². The van der Waals surface area contributed by atoms with Crippen molar-refractivity contribution >= 4 is 15.9 Å². The van der Waals surface area contributed by atoms with E-state index in [9.17, 15) is 0 Å². The minimum Gasteiger partial charge on any atom is -0.0887 e. The minimum atomic E-state index is 0.609. The fourth-order valence-corrected chi connectivity index (χ4v) is 2.95. The van der Waals surface area contributed by atoms with Gasteiger partial charge in [0.25, 0.3) is 0 Å². The third-order valence-electron chi connectivity index (χ3n) is 2.67. The van der Waals surface area contributed by atoms with Crippen molar-refractivity contribution in [2.75, 3.05) is 0 Å². The zero-order valence-corrected chi connectivity index (χ0v) is 11.8. The Morgan fingerprint density at radius 3 is 2.47 bits per heavy atom. The van der Waals surface area contributed by atoms with E-state index in [1.54, 1.807) is 0 Å². The summed E-state index contributed by atoms with van der Waals surface area (Å²) in [6.07, 6.45) is 2.39. The van der Waals surface area contributed by atoms with Gasteiger partial charge in [0.15, 0.2) is 0 Å². The highest BCUT2D eigenvalue weighted by molar-refractivity contribution is 9.09. The van der Waals surface area contributed by atoms with Gasteiger partial charge in [0, 0.05) is 4.83 Å². The fourth-order valence-electron chi connectivity index (χ4n) is 1.85. The van der Waals surface area contributed by atoms with E-state index >= 15 is 0 Å². The van der Waals surface area contributed by atoms with Gasteiger partial charge in [0.2, 0.25) is 0 Å². The van der Waals surface area contributed by atoms with E-state index in [1.165, 1.54) is 23.1 Å². The Morgan fingerprint density at radius 2 is 1.87 bits per heavy atom. The van der Waals surface area contributed by atoms with Gasteiger partial charge in [-0.1, -0.05) is 53.5 Å². The van der Waals surface area contributed by atoms with Crippen molar-refractivity contribution in [2.45, 2.75) is 45.4 Å². The molecule has 0 spiro atoms. The molecule has 0 aliphatic rings. The average Bonchev–Trinajstić information content (AvgIpc) is 2.10. The van der Waals surface area contributed by atoms with Crippen molar-refractivity contribution < 1.29 is 0 Å². The second-order valence-corrected chi connectivity index (χ2v) is 6.16. The zero-order chi connectivity index (χ0) is 11.4. The summed E-state index contributed by atoms with van der Waals surface area (Å²) < 4.78 is 0. The van der Waals surface area contributed by atoms with Crippen molar-refractivity contribution in [3.63, 3.8) is 0 Å². The Hall–Kier alpha value is -0.300. The molecule has 0 fully saturated rings. The predicted molar refractivity (Wildman–Crippen MR) is 71.8 cm³/mol. The third-order valence-corrected chi connectivity index (χ3v) is 3.37. The predicted octanol–water partition coefficient (Wildman–Crippen LogP) is 4.66. The molecule has 1 aromatic carbocycles. The maximum Gasteiger partial charge on any atom is 0.0188 e. The lowest BCUT2D eigenvalue weighted by Crippen LogP contribution is -2.07. The number of rotatable bonds is 4. The molecular formula is C14H21Br. The van der Waals surface area contributed by atoms with Gasteiger partial charge in [-0.3, -0.25) is 0 Å². The highest BCUT2D eigenvalue weighted by Crippen LogP contribution is 2.20. The summed E-state index contributed by atoms with van der Waals surface area (Å²) in [4.78, 5) is 0.609. The first-order chi connectivity index (χ1) is 6.99. The Balaban J connectivity index is 2.67. The molecule has 0 nitrogen and oxygen atoms in total. The normalized spacial score (nSPS) is 13.2. The topological polar surface area (TPSA) is 0 Å². The van der Waals surface area contributed by atoms with E-state index < -0.39 is 0 Å². The molecular weight excluding hydrogens is 248 g/mol. The lowest BCUT2D eigenvalue weighted by Gasteiger charge is -2.14. The molecule has 0 saturated carbocycles. The van der Waals surface area contributed by atoms with Crippen LogP contribution in [0.2, 0.25) is 0 Å². The standard InChI is InChI=1S/C14H21Br/c1-10(2)7-14(15)9-13-8-11(3)5-6-12(13)4/h5-6,8,10,14H,7,9H2,1-4H3. The first-order valence-electron chi connectivity index (χ1n) is 5.69. The van der Waals surface area contributed by atoms with Crippen LogP contribution in [0.5, 0.6) is 0 Å². The van der Waals surface area contributed by atoms with Gasteiger partial charge >= 0.3 is 0 Å². The van der Waals surface area contributed by atoms with Gasteiger partial charge in [0.1, 0.15) is 0 Å². The Labute approximate surface area is 102 Å². The van der Waals surface area contributed by atoms with Crippen LogP contribution in [0.4, 0.5) is 0 Å². The van der Waals surface area contributed by atoms with E-state index in [1.807, 2.05) is 0 Å². The molecule has 84 valence electrons.